The van der Waals surface area contributed by atoms with Crippen molar-refractivity contribution in [3.05, 3.63) is 68.4 Å². The molecule has 0 unspecified atom stereocenters. The molecule has 26 heavy (non-hydrogen) atoms. The van der Waals surface area contributed by atoms with Gasteiger partial charge in [-0.3, -0.25) is 4.79 Å². The smallest absolute Gasteiger partial charge is 0.184 e. The molecule has 0 N–H and O–H groups in total. The zero-order valence-corrected chi connectivity index (χ0v) is 17.0. The number of benzene rings is 2. The topological polar surface area (TPSA) is 34.9 Å². The fraction of sp³-hybridized carbons (Fsp3) is 0.211. The molecule has 7 heteroatoms. The first kappa shape index (κ1) is 18.9. The summed E-state index contributed by atoms with van der Waals surface area (Å²) in [6.45, 7) is 6.01. The number of rotatable bonds is 5. The van der Waals surface area contributed by atoms with E-state index in [0.29, 0.717) is 19.7 Å². The Morgan fingerprint density at radius 2 is 1.81 bits per heavy atom. The summed E-state index contributed by atoms with van der Waals surface area (Å²) >= 11 is 8.06. The number of aryl methyl sites for hydroxylation is 3. The van der Waals surface area contributed by atoms with Crippen LogP contribution in [0.25, 0.3) is 5.69 Å². The molecule has 0 aliphatic rings. The maximum atomic E-state index is 13.1. The van der Waals surface area contributed by atoms with Gasteiger partial charge in [0, 0.05) is 5.56 Å². The van der Waals surface area contributed by atoms with Crippen LogP contribution in [0.4, 0.5) is 4.39 Å². The first-order chi connectivity index (χ1) is 12.3. The van der Waals surface area contributed by atoms with Crippen LogP contribution < -0.4 is 0 Å². The second kappa shape index (κ2) is 7.82. The largest absolute Gasteiger partial charge is 0.293 e. The molecule has 0 bridgehead atoms. The van der Waals surface area contributed by atoms with Gasteiger partial charge >= 0.3 is 0 Å². The molecule has 3 rings (SSSR count). The molecular formula is C19H17FN2OS3. The fourth-order valence-corrected chi connectivity index (χ4v) is 4.78. The number of carbonyl (C=O) groups is 1. The molecule has 1 heterocycles. The van der Waals surface area contributed by atoms with E-state index in [2.05, 4.69) is 5.10 Å². The fourth-order valence-electron chi connectivity index (χ4n) is 2.53. The Morgan fingerprint density at radius 1 is 1.15 bits per heavy atom. The minimum absolute atomic E-state index is 0.0741. The van der Waals surface area contributed by atoms with Crippen LogP contribution in [-0.2, 0) is 0 Å². The molecular weight excluding hydrogens is 387 g/mol. The lowest BCUT2D eigenvalue weighted by Gasteiger charge is -2.08. The van der Waals surface area contributed by atoms with Gasteiger partial charge in [-0.2, -0.15) is 0 Å². The van der Waals surface area contributed by atoms with Crippen LogP contribution >= 0.6 is 35.3 Å². The number of halogens is 1. The lowest BCUT2D eigenvalue weighted by atomic mass is 9.99. The number of hydrogen-bond acceptors (Lipinski definition) is 5. The molecule has 0 aliphatic heterocycles. The van der Waals surface area contributed by atoms with Crippen molar-refractivity contribution in [2.75, 3.05) is 5.75 Å². The number of nitrogens with zero attached hydrogens (tertiary/aromatic N) is 2. The molecule has 0 fully saturated rings. The summed E-state index contributed by atoms with van der Waals surface area (Å²) < 4.78 is 15.9. The quantitative estimate of drug-likeness (QED) is 0.310. The summed E-state index contributed by atoms with van der Waals surface area (Å²) in [6, 6.07) is 9.99. The highest BCUT2D eigenvalue weighted by atomic mass is 32.2. The third-order valence-electron chi connectivity index (χ3n) is 4.07. The minimum atomic E-state index is -0.306. The van der Waals surface area contributed by atoms with Crippen LogP contribution in [0.2, 0.25) is 0 Å². The van der Waals surface area contributed by atoms with Gasteiger partial charge in [-0.15, -0.1) is 5.10 Å². The third-order valence-corrected chi connectivity index (χ3v) is 6.43. The van der Waals surface area contributed by atoms with Gasteiger partial charge in [0.1, 0.15) is 5.82 Å². The molecule has 0 amide bonds. The van der Waals surface area contributed by atoms with E-state index in [4.69, 9.17) is 12.2 Å². The Hall–Kier alpha value is -1.83. The number of hydrogen-bond donors (Lipinski definition) is 0. The van der Waals surface area contributed by atoms with Gasteiger partial charge in [0.2, 0.25) is 0 Å². The number of carbonyl (C=O) groups excluding carboxylic acids is 1. The number of thioether (sulfide) groups is 1. The number of ketones is 1. The van der Waals surface area contributed by atoms with Crippen LogP contribution in [0.5, 0.6) is 0 Å². The van der Waals surface area contributed by atoms with Gasteiger partial charge in [0.25, 0.3) is 0 Å². The van der Waals surface area contributed by atoms with Gasteiger partial charge in [0.05, 0.1) is 11.4 Å². The maximum Gasteiger partial charge on any atom is 0.184 e. The lowest BCUT2D eigenvalue weighted by Crippen LogP contribution is -2.06. The highest BCUT2D eigenvalue weighted by Gasteiger charge is 2.13. The second-order valence-corrected chi connectivity index (χ2v) is 8.83. The van der Waals surface area contributed by atoms with Crippen molar-refractivity contribution in [1.29, 1.82) is 0 Å². The van der Waals surface area contributed by atoms with E-state index in [9.17, 15) is 9.18 Å². The average Bonchev–Trinajstić information content (AvgIpc) is 2.97. The predicted molar refractivity (Wildman–Crippen MR) is 108 cm³/mol. The van der Waals surface area contributed by atoms with Crippen molar-refractivity contribution >= 4 is 41.1 Å². The van der Waals surface area contributed by atoms with E-state index in [1.807, 2.05) is 32.9 Å². The SMILES string of the molecule is Cc1cc(C)c(C(=O)CSc2nn(-c3ccc(F)cc3)c(=S)s2)cc1C. The Kier molecular flexibility index (Phi) is 5.70. The van der Waals surface area contributed by atoms with Crippen LogP contribution in [0.15, 0.2) is 40.7 Å². The monoisotopic (exact) mass is 404 g/mol. The molecule has 134 valence electrons. The molecule has 0 atom stereocenters. The predicted octanol–water partition coefficient (Wildman–Crippen LogP) is 5.70. The van der Waals surface area contributed by atoms with Gasteiger partial charge in [-0.05, 0) is 80.0 Å². The first-order valence-electron chi connectivity index (χ1n) is 7.95. The van der Waals surface area contributed by atoms with Crippen LogP contribution in [-0.4, -0.2) is 21.3 Å². The summed E-state index contributed by atoms with van der Waals surface area (Å²) in [4.78, 5) is 12.6. The molecule has 0 radical (unpaired) electrons. The zero-order valence-electron chi connectivity index (χ0n) is 14.6. The van der Waals surface area contributed by atoms with Gasteiger partial charge < -0.3 is 0 Å². The van der Waals surface area contributed by atoms with E-state index >= 15 is 0 Å². The van der Waals surface area contributed by atoms with Crippen LogP contribution in [0.3, 0.4) is 0 Å². The molecule has 0 saturated heterocycles. The van der Waals surface area contributed by atoms with Crippen molar-refractivity contribution in [2.24, 2.45) is 0 Å². The maximum absolute atomic E-state index is 13.1. The van der Waals surface area contributed by atoms with Gasteiger partial charge in [0.15, 0.2) is 14.1 Å². The molecule has 0 aliphatic carbocycles. The van der Waals surface area contributed by atoms with Crippen molar-refractivity contribution in [1.82, 2.24) is 9.78 Å². The summed E-state index contributed by atoms with van der Waals surface area (Å²) in [5.41, 5.74) is 4.74. The normalized spacial score (nSPS) is 10.9. The van der Waals surface area contributed by atoms with Crippen molar-refractivity contribution in [3.8, 4) is 5.69 Å². The van der Waals surface area contributed by atoms with Crippen LogP contribution in [0.1, 0.15) is 27.0 Å². The van der Waals surface area contributed by atoms with E-state index in [1.54, 1.807) is 16.8 Å². The van der Waals surface area contributed by atoms with Gasteiger partial charge in [-0.1, -0.05) is 29.2 Å². The lowest BCUT2D eigenvalue weighted by molar-refractivity contribution is 0.102. The zero-order chi connectivity index (χ0) is 18.8. The summed E-state index contributed by atoms with van der Waals surface area (Å²) in [5.74, 6) is 0.0687. The van der Waals surface area contributed by atoms with E-state index in [-0.39, 0.29) is 11.6 Å². The summed E-state index contributed by atoms with van der Waals surface area (Å²) in [6.07, 6.45) is 0. The van der Waals surface area contributed by atoms with Crippen molar-refractivity contribution in [2.45, 2.75) is 25.1 Å². The van der Waals surface area contributed by atoms with Crippen LogP contribution in [0, 0.1) is 30.5 Å². The van der Waals surface area contributed by atoms with Crippen molar-refractivity contribution in [3.63, 3.8) is 0 Å². The van der Waals surface area contributed by atoms with E-state index in [1.165, 1.54) is 40.8 Å². The Balaban J connectivity index is 1.75. The molecule has 0 saturated carbocycles. The highest BCUT2D eigenvalue weighted by molar-refractivity contribution is 8.01. The Morgan fingerprint density at radius 3 is 2.50 bits per heavy atom. The first-order valence-corrected chi connectivity index (χ1v) is 10.2. The molecule has 0 spiro atoms. The number of Topliss-reactive ketones (excluding diaryl/α,β-unsaturated/α-hetero) is 1. The summed E-state index contributed by atoms with van der Waals surface area (Å²) in [7, 11) is 0. The van der Waals surface area contributed by atoms with Gasteiger partial charge in [-0.25, -0.2) is 9.07 Å². The van der Waals surface area contributed by atoms with E-state index in [0.717, 1.165) is 16.7 Å². The molecule has 3 aromatic rings. The summed E-state index contributed by atoms with van der Waals surface area (Å²) in [5, 5.41) is 4.45. The Labute approximate surface area is 164 Å². The Bertz CT molecular complexity index is 1020. The highest BCUT2D eigenvalue weighted by Crippen LogP contribution is 2.26. The molecule has 1 aromatic heterocycles. The standard InChI is InChI=1S/C19H17FN2OS3/c1-11-8-13(3)16(9-12(11)2)17(23)10-25-18-21-22(19(24)26-18)15-6-4-14(20)5-7-15/h4-9H,10H2,1-3H3. The molecule has 2 aromatic carbocycles. The number of aromatic nitrogens is 2. The van der Waals surface area contributed by atoms with E-state index < -0.39 is 0 Å². The van der Waals surface area contributed by atoms with Crippen molar-refractivity contribution < 1.29 is 9.18 Å². The average molecular weight is 405 g/mol. The second-order valence-electron chi connectivity index (χ2n) is 5.99. The molecule has 3 nitrogen and oxygen atoms in total. The minimum Gasteiger partial charge on any atom is -0.293 e. The third kappa shape index (κ3) is 4.11.